The Morgan fingerprint density at radius 2 is 0.930 bits per heavy atom. The lowest BCUT2D eigenvalue weighted by molar-refractivity contribution is 0.446. The Kier molecular flexibility index (Phi) is 6.26. The lowest BCUT2D eigenvalue weighted by Gasteiger charge is -2.11. The zero-order chi connectivity index (χ0) is 28.8. The van der Waals surface area contributed by atoms with Gasteiger partial charge in [0.15, 0.2) is 0 Å². The van der Waals surface area contributed by atoms with E-state index in [1.54, 1.807) is 0 Å². The van der Waals surface area contributed by atoms with Gasteiger partial charge < -0.3 is 9.30 Å². The molecule has 3 aromatic heterocycles. The summed E-state index contributed by atoms with van der Waals surface area (Å²) in [6, 6.07) is 42.8. The van der Waals surface area contributed by atoms with Gasteiger partial charge in [0.2, 0.25) is 11.8 Å². The van der Waals surface area contributed by atoms with E-state index in [1.807, 2.05) is 36.4 Å². The molecule has 4 aliphatic rings. The van der Waals surface area contributed by atoms with Gasteiger partial charge in [-0.15, -0.1) is 0 Å². The maximum Gasteiger partial charge on any atom is 0.221 e. The van der Waals surface area contributed by atoms with Crippen LogP contribution in [0.3, 0.4) is 0 Å². The molecule has 208 valence electrons. The summed E-state index contributed by atoms with van der Waals surface area (Å²) in [5.41, 5.74) is 12.0. The van der Waals surface area contributed by atoms with Crippen LogP contribution in [0.5, 0.6) is 11.8 Å². The van der Waals surface area contributed by atoms with Crippen LogP contribution in [0, 0.1) is 0 Å². The van der Waals surface area contributed by atoms with Crippen molar-refractivity contribution in [2.24, 2.45) is 7.05 Å². The van der Waals surface area contributed by atoms with E-state index < -0.39 is 0 Å². The van der Waals surface area contributed by atoms with E-state index in [9.17, 15) is 0 Å². The molecule has 0 aliphatic carbocycles. The Labute approximate surface area is 251 Å². The van der Waals surface area contributed by atoms with Gasteiger partial charge in [-0.3, -0.25) is 0 Å². The number of ether oxygens (including phenoxy) is 1. The van der Waals surface area contributed by atoms with Gasteiger partial charge in [0.1, 0.15) is 0 Å². The fourth-order valence-corrected chi connectivity index (χ4v) is 6.54. The first-order valence-electron chi connectivity index (χ1n) is 15.0. The maximum atomic E-state index is 6.13. The zero-order valence-corrected chi connectivity index (χ0v) is 24.1. The van der Waals surface area contributed by atoms with E-state index in [4.69, 9.17) is 14.7 Å². The highest BCUT2D eigenvalue weighted by Gasteiger charge is 2.15. The summed E-state index contributed by atoms with van der Waals surface area (Å²) in [5, 5.41) is 2.68. The zero-order valence-electron chi connectivity index (χ0n) is 24.1. The van der Waals surface area contributed by atoms with Crippen LogP contribution in [0.2, 0.25) is 0 Å². The summed E-state index contributed by atoms with van der Waals surface area (Å²) < 4.78 is 8.56. The predicted octanol–water partition coefficient (Wildman–Crippen LogP) is 9.13. The highest BCUT2D eigenvalue weighted by Crippen LogP contribution is 2.34. The molecule has 0 N–H and O–H groups in total. The second kappa shape index (κ2) is 10.6. The molecule has 4 heteroatoms. The smallest absolute Gasteiger partial charge is 0.221 e. The molecule has 0 spiro atoms. The van der Waals surface area contributed by atoms with Gasteiger partial charge in [-0.05, 0) is 60.1 Å². The largest absolute Gasteiger partial charge is 0.421 e. The van der Waals surface area contributed by atoms with Crippen LogP contribution in [0.15, 0.2) is 121 Å². The average molecular weight is 558 g/mol. The van der Waals surface area contributed by atoms with Crippen molar-refractivity contribution in [2.75, 3.05) is 0 Å². The fraction of sp³-hybridized carbons (Fsp3) is 0.128. The quantitative estimate of drug-likeness (QED) is 0.187. The summed E-state index contributed by atoms with van der Waals surface area (Å²) in [6.07, 6.45) is 3.91. The van der Waals surface area contributed by atoms with E-state index >= 15 is 0 Å². The number of benzene rings is 4. The van der Waals surface area contributed by atoms with Gasteiger partial charge in [-0.2, -0.15) is 0 Å². The van der Waals surface area contributed by atoms with Crippen LogP contribution in [0.25, 0.3) is 44.3 Å². The highest BCUT2D eigenvalue weighted by molar-refractivity contribution is 6.10. The highest BCUT2D eigenvalue weighted by atomic mass is 16.5. The second-order valence-corrected chi connectivity index (χ2v) is 11.4. The van der Waals surface area contributed by atoms with E-state index in [0.717, 1.165) is 48.2 Å². The van der Waals surface area contributed by atoms with Gasteiger partial charge in [0, 0.05) is 41.1 Å². The van der Waals surface area contributed by atoms with Gasteiger partial charge in [-0.25, -0.2) is 9.97 Å². The van der Waals surface area contributed by atoms with Gasteiger partial charge in [0.25, 0.3) is 0 Å². The molecule has 11 rings (SSSR count). The lowest BCUT2D eigenvalue weighted by atomic mass is 9.99. The van der Waals surface area contributed by atoms with Crippen LogP contribution in [-0.2, 0) is 32.7 Å². The van der Waals surface area contributed by atoms with Crippen molar-refractivity contribution in [3.05, 3.63) is 144 Å². The molecule has 10 bridgehead atoms. The van der Waals surface area contributed by atoms with E-state index in [2.05, 4.69) is 96.5 Å². The Balaban J connectivity index is 1.24. The van der Waals surface area contributed by atoms with E-state index in [0.29, 0.717) is 11.8 Å². The Hall–Kier alpha value is -5.22. The second-order valence-electron chi connectivity index (χ2n) is 11.4. The monoisotopic (exact) mass is 557 g/mol. The molecule has 43 heavy (non-hydrogen) atoms. The Morgan fingerprint density at radius 3 is 1.40 bits per heavy atom. The number of aryl methyl sites for hydroxylation is 5. The first kappa shape index (κ1) is 25.5. The van der Waals surface area contributed by atoms with Gasteiger partial charge in [0.05, 0.1) is 22.4 Å². The predicted molar refractivity (Wildman–Crippen MR) is 175 cm³/mol. The number of para-hydroxylation sites is 2. The Bertz CT molecular complexity index is 1960. The summed E-state index contributed by atoms with van der Waals surface area (Å²) in [4.78, 5) is 9.58. The lowest BCUT2D eigenvalue weighted by Crippen LogP contribution is -1.99. The van der Waals surface area contributed by atoms with Crippen molar-refractivity contribution in [1.29, 1.82) is 0 Å². The molecule has 0 radical (unpaired) electrons. The molecule has 7 aromatic rings. The standard InChI is InChI=1S/C39H31N3O/c1-42-38-30-6-2-8-32(38)33-9-3-7-31(39(33)42)25-19-27-16-22-29(23-17-27)35-11-5-13-37(41-35)43-36-12-4-10-34(40-36)28-20-14-26(15-21-28)18-24-30/h2-17,20-23H,18-19,24-25H2,1H3. The number of fused-ring (bicyclic) bond motifs is 1. The van der Waals surface area contributed by atoms with Crippen molar-refractivity contribution in [1.82, 2.24) is 14.5 Å². The third kappa shape index (κ3) is 4.75. The molecule has 4 nitrogen and oxygen atoms in total. The molecule has 0 atom stereocenters. The summed E-state index contributed by atoms with van der Waals surface area (Å²) >= 11 is 0. The van der Waals surface area contributed by atoms with E-state index in [1.165, 1.54) is 44.1 Å². The summed E-state index contributed by atoms with van der Waals surface area (Å²) in [5.74, 6) is 1.06. The van der Waals surface area contributed by atoms with Crippen molar-refractivity contribution < 1.29 is 4.74 Å². The van der Waals surface area contributed by atoms with E-state index in [-0.39, 0.29) is 0 Å². The van der Waals surface area contributed by atoms with Crippen LogP contribution in [-0.4, -0.2) is 14.5 Å². The minimum absolute atomic E-state index is 0.529. The van der Waals surface area contributed by atoms with Crippen molar-refractivity contribution in [2.45, 2.75) is 25.7 Å². The molecule has 4 aromatic carbocycles. The molecule has 7 heterocycles. The Morgan fingerprint density at radius 1 is 0.488 bits per heavy atom. The SMILES string of the molecule is Cn1c2c3cccc2c2cccc(c21)CCc1ccc(cc1)-c1cccc(n1)Oc1cccc(n1)-c1ccc(cc1)CC3. The number of nitrogens with zero attached hydrogens (tertiary/aromatic N) is 3. The normalized spacial score (nSPS) is 13.0. The minimum Gasteiger partial charge on any atom is -0.421 e. The molecule has 4 aliphatic heterocycles. The third-order valence-electron chi connectivity index (χ3n) is 8.72. The minimum atomic E-state index is 0.529. The van der Waals surface area contributed by atoms with Crippen LogP contribution in [0.1, 0.15) is 22.3 Å². The van der Waals surface area contributed by atoms with Gasteiger partial charge in [-0.1, -0.05) is 97.1 Å². The third-order valence-corrected chi connectivity index (χ3v) is 8.72. The molecule has 0 unspecified atom stereocenters. The van der Waals surface area contributed by atoms with Crippen LogP contribution >= 0.6 is 0 Å². The van der Waals surface area contributed by atoms with Gasteiger partial charge >= 0.3 is 0 Å². The average Bonchev–Trinajstić information content (AvgIpc) is 3.36. The molecule has 0 fully saturated rings. The number of hydrogen-bond donors (Lipinski definition) is 0. The number of hydrogen-bond acceptors (Lipinski definition) is 3. The molecule has 0 amide bonds. The van der Waals surface area contributed by atoms with Crippen LogP contribution in [0.4, 0.5) is 0 Å². The first-order valence-corrected chi connectivity index (χ1v) is 15.0. The number of aromatic nitrogens is 3. The number of pyridine rings is 2. The molecular formula is C39H31N3O. The summed E-state index contributed by atoms with van der Waals surface area (Å²) in [7, 11) is 2.23. The van der Waals surface area contributed by atoms with Crippen molar-refractivity contribution in [3.63, 3.8) is 0 Å². The fourth-order valence-electron chi connectivity index (χ4n) is 6.54. The maximum absolute atomic E-state index is 6.13. The topological polar surface area (TPSA) is 39.9 Å². The summed E-state index contributed by atoms with van der Waals surface area (Å²) in [6.45, 7) is 0. The van der Waals surface area contributed by atoms with Crippen LogP contribution < -0.4 is 4.74 Å². The number of rotatable bonds is 0. The molecule has 0 saturated heterocycles. The molecular weight excluding hydrogens is 526 g/mol. The van der Waals surface area contributed by atoms with Crippen molar-refractivity contribution in [3.8, 4) is 34.3 Å². The first-order chi connectivity index (χ1) is 21.2. The molecule has 0 saturated carbocycles. The van der Waals surface area contributed by atoms with Crippen molar-refractivity contribution >= 4 is 21.8 Å².